The van der Waals surface area contributed by atoms with E-state index in [0.717, 1.165) is 17.8 Å². The van der Waals surface area contributed by atoms with Gasteiger partial charge in [0.25, 0.3) is 0 Å². The molecule has 0 radical (unpaired) electrons. The Morgan fingerprint density at radius 3 is 1.84 bits per heavy atom. The molecule has 176 valence electrons. The lowest BCUT2D eigenvalue weighted by atomic mass is 9.77. The summed E-state index contributed by atoms with van der Waals surface area (Å²) in [4.78, 5) is 0. The fourth-order valence-electron chi connectivity index (χ4n) is 5.50. The predicted octanol–water partition coefficient (Wildman–Crippen LogP) is 10.4. The Hall–Kier alpha value is -1.56. The molecular weight excluding hydrogens is 384 g/mol. The van der Waals surface area contributed by atoms with E-state index in [9.17, 15) is 0 Å². The molecule has 1 unspecified atom stereocenters. The first-order chi connectivity index (χ1) is 15.7. The van der Waals surface area contributed by atoms with Gasteiger partial charge >= 0.3 is 0 Å². The largest absolute Gasteiger partial charge is 0.0654 e. The average molecular weight is 433 g/mol. The number of hydrogen-bond donors (Lipinski definition) is 0. The summed E-state index contributed by atoms with van der Waals surface area (Å²) in [6.07, 6.45) is 19.7. The lowest BCUT2D eigenvalue weighted by Gasteiger charge is -2.29. The third-order valence-corrected chi connectivity index (χ3v) is 8.01. The minimum atomic E-state index is 0.769. The third-order valence-electron chi connectivity index (χ3n) is 8.01. The molecule has 0 aliphatic heterocycles. The Morgan fingerprint density at radius 1 is 0.688 bits per heavy atom. The van der Waals surface area contributed by atoms with Gasteiger partial charge in [0.1, 0.15) is 0 Å². The third kappa shape index (κ3) is 8.09. The highest BCUT2D eigenvalue weighted by Crippen LogP contribution is 2.38. The van der Waals surface area contributed by atoms with Crippen LogP contribution in [-0.2, 0) is 6.42 Å². The van der Waals surface area contributed by atoms with Crippen LogP contribution in [0.15, 0.2) is 48.5 Å². The van der Waals surface area contributed by atoms with Crippen LogP contribution in [0.5, 0.6) is 0 Å². The van der Waals surface area contributed by atoms with Crippen molar-refractivity contribution in [1.82, 2.24) is 0 Å². The van der Waals surface area contributed by atoms with Crippen LogP contribution in [0.4, 0.5) is 0 Å². The van der Waals surface area contributed by atoms with Gasteiger partial charge in [0, 0.05) is 0 Å². The van der Waals surface area contributed by atoms with Crippen LogP contribution in [0.25, 0.3) is 11.1 Å². The van der Waals surface area contributed by atoms with Gasteiger partial charge in [0.2, 0.25) is 0 Å². The van der Waals surface area contributed by atoms with Crippen molar-refractivity contribution in [3.05, 3.63) is 59.7 Å². The fraction of sp³-hybridized carbons (Fsp3) is 0.625. The summed E-state index contributed by atoms with van der Waals surface area (Å²) < 4.78 is 0. The van der Waals surface area contributed by atoms with Crippen LogP contribution in [0, 0.1) is 11.8 Å². The van der Waals surface area contributed by atoms with Gasteiger partial charge in [0.15, 0.2) is 0 Å². The van der Waals surface area contributed by atoms with Crippen molar-refractivity contribution in [1.29, 1.82) is 0 Å². The second-order valence-corrected chi connectivity index (χ2v) is 10.7. The lowest BCUT2D eigenvalue weighted by Crippen LogP contribution is -2.13. The first-order valence-corrected chi connectivity index (χ1v) is 13.9. The molecule has 1 aliphatic rings. The molecule has 1 fully saturated rings. The molecule has 0 bridgehead atoms. The first-order valence-electron chi connectivity index (χ1n) is 13.9. The van der Waals surface area contributed by atoms with Gasteiger partial charge in [-0.15, -0.1) is 0 Å². The summed E-state index contributed by atoms with van der Waals surface area (Å²) in [5.74, 6) is 2.55. The average Bonchev–Trinajstić information content (AvgIpc) is 2.84. The van der Waals surface area contributed by atoms with Crippen molar-refractivity contribution in [3.63, 3.8) is 0 Å². The summed E-state index contributed by atoms with van der Waals surface area (Å²) in [5.41, 5.74) is 5.74. The van der Waals surface area contributed by atoms with Crippen molar-refractivity contribution in [2.24, 2.45) is 11.8 Å². The van der Waals surface area contributed by atoms with Gasteiger partial charge in [-0.3, -0.25) is 0 Å². The molecule has 32 heavy (non-hydrogen) atoms. The summed E-state index contributed by atoms with van der Waals surface area (Å²) in [6.45, 7) is 6.93. The first kappa shape index (κ1) is 25.1. The van der Waals surface area contributed by atoms with E-state index in [0.29, 0.717) is 0 Å². The van der Waals surface area contributed by atoms with Gasteiger partial charge < -0.3 is 0 Å². The van der Waals surface area contributed by atoms with Gasteiger partial charge in [0.05, 0.1) is 0 Å². The Morgan fingerprint density at radius 2 is 1.25 bits per heavy atom. The van der Waals surface area contributed by atoms with E-state index in [1.807, 2.05) is 0 Å². The summed E-state index contributed by atoms with van der Waals surface area (Å²) >= 11 is 0. The molecule has 2 aromatic carbocycles. The quantitative estimate of drug-likeness (QED) is 0.276. The van der Waals surface area contributed by atoms with E-state index >= 15 is 0 Å². The van der Waals surface area contributed by atoms with Crippen LogP contribution >= 0.6 is 0 Å². The van der Waals surface area contributed by atoms with Gasteiger partial charge in [-0.2, -0.15) is 0 Å². The zero-order valence-electron chi connectivity index (χ0n) is 21.3. The van der Waals surface area contributed by atoms with Crippen LogP contribution in [0.1, 0.15) is 121 Å². The van der Waals surface area contributed by atoms with Crippen molar-refractivity contribution in [2.45, 2.75) is 117 Å². The molecule has 0 aromatic heterocycles. The van der Waals surface area contributed by atoms with Crippen molar-refractivity contribution in [3.8, 4) is 11.1 Å². The minimum absolute atomic E-state index is 0.769. The molecule has 2 aromatic rings. The van der Waals surface area contributed by atoms with E-state index in [1.165, 1.54) is 107 Å². The molecule has 0 N–H and O–H groups in total. The molecule has 0 nitrogen and oxygen atoms in total. The Bertz CT molecular complexity index is 731. The highest BCUT2D eigenvalue weighted by Gasteiger charge is 2.22. The van der Waals surface area contributed by atoms with E-state index in [-0.39, 0.29) is 0 Å². The monoisotopic (exact) mass is 432 g/mol. The van der Waals surface area contributed by atoms with Crippen LogP contribution in [0.3, 0.4) is 0 Å². The normalized spacial score (nSPS) is 19.7. The van der Waals surface area contributed by atoms with E-state index < -0.39 is 0 Å². The van der Waals surface area contributed by atoms with Gasteiger partial charge in [-0.05, 0) is 72.1 Å². The van der Waals surface area contributed by atoms with Crippen LogP contribution in [-0.4, -0.2) is 0 Å². The highest BCUT2D eigenvalue weighted by atomic mass is 14.3. The van der Waals surface area contributed by atoms with E-state index in [2.05, 4.69) is 69.3 Å². The molecule has 0 spiro atoms. The highest BCUT2D eigenvalue weighted by molar-refractivity contribution is 5.64. The van der Waals surface area contributed by atoms with Crippen molar-refractivity contribution >= 4 is 0 Å². The number of rotatable bonds is 13. The topological polar surface area (TPSA) is 0 Å². The molecule has 0 heterocycles. The predicted molar refractivity (Wildman–Crippen MR) is 142 cm³/mol. The molecule has 0 saturated heterocycles. The summed E-state index contributed by atoms with van der Waals surface area (Å²) in [5, 5.41) is 0. The molecule has 1 atom stereocenters. The van der Waals surface area contributed by atoms with Gasteiger partial charge in [-0.1, -0.05) is 127 Å². The number of hydrogen-bond acceptors (Lipinski definition) is 0. The Kier molecular flexibility index (Phi) is 10.9. The second kappa shape index (κ2) is 13.9. The van der Waals surface area contributed by atoms with Gasteiger partial charge in [-0.25, -0.2) is 0 Å². The molecule has 1 saturated carbocycles. The van der Waals surface area contributed by atoms with Crippen molar-refractivity contribution in [2.75, 3.05) is 0 Å². The number of unbranched alkanes of at least 4 members (excludes halogenated alkanes) is 6. The van der Waals surface area contributed by atoms with E-state index in [4.69, 9.17) is 0 Å². The SMILES string of the molecule is CCCCCCCCCC1CCC(c2ccc(-c3ccc(CC(C)CC)cc3)cc2)CC1. The maximum Gasteiger partial charge on any atom is -0.0162 e. The van der Waals surface area contributed by atoms with Crippen molar-refractivity contribution < 1.29 is 0 Å². The van der Waals surface area contributed by atoms with Crippen LogP contribution < -0.4 is 0 Å². The maximum atomic E-state index is 2.41. The zero-order chi connectivity index (χ0) is 22.6. The molecule has 0 heteroatoms. The molecule has 3 rings (SSSR count). The Labute approximate surface area is 199 Å². The molecular formula is C32H48. The van der Waals surface area contributed by atoms with Crippen LogP contribution in [0.2, 0.25) is 0 Å². The minimum Gasteiger partial charge on any atom is -0.0654 e. The maximum absolute atomic E-state index is 2.41. The Balaban J connectivity index is 1.40. The fourth-order valence-corrected chi connectivity index (χ4v) is 5.50. The number of benzene rings is 2. The summed E-state index contributed by atoms with van der Waals surface area (Å²) in [6, 6.07) is 18.8. The molecule has 1 aliphatic carbocycles. The summed E-state index contributed by atoms with van der Waals surface area (Å²) in [7, 11) is 0. The molecule has 0 amide bonds. The standard InChI is InChI=1S/C32H48/c1-4-6-7-8-9-10-11-12-27-13-17-29(18-14-27)31-21-23-32(24-22-31)30-19-15-28(16-20-30)25-26(3)5-2/h15-16,19-24,26-27,29H,4-14,17-18,25H2,1-3H3. The lowest BCUT2D eigenvalue weighted by molar-refractivity contribution is 0.302. The van der Waals surface area contributed by atoms with E-state index in [1.54, 1.807) is 5.56 Å². The second-order valence-electron chi connectivity index (χ2n) is 10.7. The zero-order valence-corrected chi connectivity index (χ0v) is 21.3. The smallest absolute Gasteiger partial charge is 0.0162 e.